The van der Waals surface area contributed by atoms with Gasteiger partial charge in [0.1, 0.15) is 16.7 Å². The zero-order chi connectivity index (χ0) is 18.7. The third kappa shape index (κ3) is 3.99. The molecular weight excluding hydrogens is 360 g/mol. The second-order valence-corrected chi connectivity index (χ2v) is 6.91. The number of aromatic carboxylic acids is 1. The highest BCUT2D eigenvalue weighted by Gasteiger charge is 2.26. The van der Waals surface area contributed by atoms with E-state index in [-0.39, 0.29) is 22.6 Å². The fourth-order valence-electron chi connectivity index (χ4n) is 2.74. The minimum atomic E-state index is -1.04. The number of nitro benzene ring substituents is 1. The van der Waals surface area contributed by atoms with Gasteiger partial charge in [-0.3, -0.25) is 14.9 Å². The molecule has 2 heterocycles. The summed E-state index contributed by atoms with van der Waals surface area (Å²) in [5.74, 6) is -0.648. The molecule has 1 N–H and O–H groups in total. The fraction of sp³-hybridized carbons (Fsp3) is 0.294. The van der Waals surface area contributed by atoms with Gasteiger partial charge in [-0.15, -0.1) is 11.3 Å². The maximum atomic E-state index is 12.4. The molecule has 136 valence electrons. The molecule has 0 aliphatic carbocycles. The Balaban J connectivity index is 1.54. The van der Waals surface area contributed by atoms with Crippen LogP contribution >= 0.6 is 11.3 Å². The van der Waals surface area contributed by atoms with Crippen LogP contribution < -0.4 is 4.74 Å². The molecule has 1 aromatic heterocycles. The van der Waals surface area contributed by atoms with Crippen molar-refractivity contribution in [2.75, 3.05) is 13.1 Å². The number of amides is 1. The lowest BCUT2D eigenvalue weighted by Crippen LogP contribution is -2.41. The van der Waals surface area contributed by atoms with Gasteiger partial charge >= 0.3 is 5.97 Å². The van der Waals surface area contributed by atoms with Crippen molar-refractivity contribution in [1.29, 1.82) is 0 Å². The van der Waals surface area contributed by atoms with Gasteiger partial charge in [-0.25, -0.2) is 4.79 Å². The number of carboxylic acids is 1. The molecular formula is C17H16N2O6S. The van der Waals surface area contributed by atoms with Crippen LogP contribution in [-0.2, 0) is 0 Å². The van der Waals surface area contributed by atoms with E-state index < -0.39 is 10.9 Å². The average molecular weight is 376 g/mol. The Morgan fingerprint density at radius 3 is 2.27 bits per heavy atom. The number of rotatable bonds is 5. The van der Waals surface area contributed by atoms with Gasteiger partial charge in [-0.2, -0.15) is 0 Å². The Hall–Kier alpha value is -2.94. The van der Waals surface area contributed by atoms with E-state index in [0.29, 0.717) is 36.6 Å². The molecule has 0 bridgehead atoms. The maximum Gasteiger partial charge on any atom is 0.345 e. The first kappa shape index (κ1) is 17.9. The largest absolute Gasteiger partial charge is 0.490 e. The number of carbonyl (C=O) groups is 2. The molecule has 0 saturated carbocycles. The maximum absolute atomic E-state index is 12.4. The summed E-state index contributed by atoms with van der Waals surface area (Å²) in [5.41, 5.74) is 0.00874. The Kier molecular flexibility index (Phi) is 5.17. The second-order valence-electron chi connectivity index (χ2n) is 5.83. The first-order valence-electron chi connectivity index (χ1n) is 7.97. The number of likely N-dealkylation sites (tertiary alicyclic amines) is 1. The van der Waals surface area contributed by atoms with Crippen molar-refractivity contribution in [2.24, 2.45) is 0 Å². The SMILES string of the molecule is O=C(O)c1ccc(C(=O)N2CCC(Oc3ccc([N+](=O)[O-])cc3)CC2)s1. The summed E-state index contributed by atoms with van der Waals surface area (Å²) >= 11 is 0.973. The molecule has 2 aromatic rings. The van der Waals surface area contributed by atoms with E-state index >= 15 is 0 Å². The number of nitrogens with zero attached hydrogens (tertiary/aromatic N) is 2. The molecule has 8 nitrogen and oxygen atoms in total. The molecule has 1 aliphatic rings. The summed E-state index contributed by atoms with van der Waals surface area (Å²) in [7, 11) is 0. The highest BCUT2D eigenvalue weighted by Crippen LogP contribution is 2.24. The first-order valence-corrected chi connectivity index (χ1v) is 8.79. The molecule has 0 atom stereocenters. The van der Waals surface area contributed by atoms with Crippen LogP contribution in [0.5, 0.6) is 5.75 Å². The Morgan fingerprint density at radius 1 is 1.12 bits per heavy atom. The summed E-state index contributed by atoms with van der Waals surface area (Å²) in [6.07, 6.45) is 1.21. The van der Waals surface area contributed by atoms with Crippen LogP contribution in [-0.4, -0.2) is 46.0 Å². The first-order chi connectivity index (χ1) is 12.4. The number of piperidine rings is 1. The lowest BCUT2D eigenvalue weighted by Gasteiger charge is -2.32. The van der Waals surface area contributed by atoms with Gasteiger partial charge in [0.2, 0.25) is 0 Å². The van der Waals surface area contributed by atoms with Gasteiger partial charge < -0.3 is 14.7 Å². The summed E-state index contributed by atoms with van der Waals surface area (Å²) in [6.45, 7) is 1.02. The summed E-state index contributed by atoms with van der Waals surface area (Å²) in [4.78, 5) is 35.8. The summed E-state index contributed by atoms with van der Waals surface area (Å²) in [6, 6.07) is 8.89. The van der Waals surface area contributed by atoms with Crippen molar-refractivity contribution < 1.29 is 24.4 Å². The summed E-state index contributed by atoms with van der Waals surface area (Å²) in [5, 5.41) is 19.6. The van der Waals surface area contributed by atoms with Crippen LogP contribution in [0.2, 0.25) is 0 Å². The van der Waals surface area contributed by atoms with Crippen molar-refractivity contribution in [2.45, 2.75) is 18.9 Å². The minimum absolute atomic E-state index is 0.00874. The number of carboxylic acid groups (broad SMARTS) is 1. The predicted octanol–water partition coefficient (Wildman–Crippen LogP) is 3.04. The molecule has 1 aromatic carbocycles. The Labute approximate surface area is 152 Å². The molecule has 3 rings (SSSR count). The molecule has 1 amide bonds. The standard InChI is InChI=1S/C17H16N2O6S/c20-16(14-5-6-15(26-14)17(21)22)18-9-7-13(8-10-18)25-12-3-1-11(2-4-12)19(23)24/h1-6,13H,7-10H2,(H,21,22). The lowest BCUT2D eigenvalue weighted by molar-refractivity contribution is -0.384. The van der Waals surface area contributed by atoms with E-state index in [2.05, 4.69) is 0 Å². The fourth-order valence-corrected chi connectivity index (χ4v) is 3.55. The smallest absolute Gasteiger partial charge is 0.345 e. The molecule has 1 fully saturated rings. The van der Waals surface area contributed by atoms with Crippen molar-refractivity contribution in [3.63, 3.8) is 0 Å². The topological polar surface area (TPSA) is 110 Å². The van der Waals surface area contributed by atoms with Crippen LogP contribution in [0, 0.1) is 10.1 Å². The van der Waals surface area contributed by atoms with Gasteiger partial charge in [0, 0.05) is 38.1 Å². The molecule has 0 radical (unpaired) electrons. The van der Waals surface area contributed by atoms with Crippen molar-refractivity contribution >= 4 is 28.9 Å². The number of hydrogen-bond donors (Lipinski definition) is 1. The predicted molar refractivity (Wildman–Crippen MR) is 93.9 cm³/mol. The number of non-ortho nitro benzene ring substituents is 1. The van der Waals surface area contributed by atoms with E-state index in [1.165, 1.54) is 24.3 Å². The molecule has 0 unspecified atom stereocenters. The van der Waals surface area contributed by atoms with Crippen molar-refractivity contribution in [3.05, 3.63) is 56.3 Å². The van der Waals surface area contributed by atoms with Gasteiger partial charge in [-0.1, -0.05) is 0 Å². The molecule has 1 saturated heterocycles. The third-order valence-electron chi connectivity index (χ3n) is 4.11. The number of hydrogen-bond acceptors (Lipinski definition) is 6. The highest BCUT2D eigenvalue weighted by molar-refractivity contribution is 7.15. The van der Waals surface area contributed by atoms with Crippen LogP contribution in [0.4, 0.5) is 5.69 Å². The van der Waals surface area contributed by atoms with Gasteiger partial charge in [0.05, 0.1) is 9.80 Å². The van der Waals surface area contributed by atoms with E-state index in [1.54, 1.807) is 17.0 Å². The zero-order valence-electron chi connectivity index (χ0n) is 13.7. The van der Waals surface area contributed by atoms with Crippen molar-refractivity contribution in [3.8, 4) is 5.75 Å². The van der Waals surface area contributed by atoms with Gasteiger partial charge in [0.15, 0.2) is 0 Å². The van der Waals surface area contributed by atoms with Crippen LogP contribution in [0.15, 0.2) is 36.4 Å². The van der Waals surface area contributed by atoms with E-state index in [4.69, 9.17) is 9.84 Å². The average Bonchev–Trinajstić information content (AvgIpc) is 3.13. The van der Waals surface area contributed by atoms with Crippen LogP contribution in [0.3, 0.4) is 0 Å². The van der Waals surface area contributed by atoms with E-state index in [1.807, 2.05) is 0 Å². The quantitative estimate of drug-likeness (QED) is 0.634. The monoisotopic (exact) mass is 376 g/mol. The molecule has 9 heteroatoms. The Bertz CT molecular complexity index is 824. The number of nitro groups is 1. The number of benzene rings is 1. The third-order valence-corrected chi connectivity index (χ3v) is 5.17. The van der Waals surface area contributed by atoms with Crippen LogP contribution in [0.1, 0.15) is 32.2 Å². The lowest BCUT2D eigenvalue weighted by atomic mass is 10.1. The van der Waals surface area contributed by atoms with E-state index in [0.717, 1.165) is 11.3 Å². The second kappa shape index (κ2) is 7.52. The number of carbonyl (C=O) groups excluding carboxylic acids is 1. The minimum Gasteiger partial charge on any atom is -0.490 e. The van der Waals surface area contributed by atoms with Gasteiger partial charge in [0.25, 0.3) is 11.6 Å². The Morgan fingerprint density at radius 2 is 1.73 bits per heavy atom. The van der Waals surface area contributed by atoms with Crippen LogP contribution in [0.25, 0.3) is 0 Å². The number of ether oxygens (including phenoxy) is 1. The zero-order valence-corrected chi connectivity index (χ0v) is 14.5. The summed E-state index contributed by atoms with van der Waals surface area (Å²) < 4.78 is 5.82. The van der Waals surface area contributed by atoms with E-state index in [9.17, 15) is 19.7 Å². The highest BCUT2D eigenvalue weighted by atomic mass is 32.1. The molecule has 1 aliphatic heterocycles. The van der Waals surface area contributed by atoms with Crippen molar-refractivity contribution in [1.82, 2.24) is 4.90 Å². The molecule has 0 spiro atoms. The molecule has 26 heavy (non-hydrogen) atoms. The van der Waals surface area contributed by atoms with Gasteiger partial charge in [-0.05, 0) is 24.3 Å². The normalized spacial score (nSPS) is 14.8. The number of thiophene rings is 1.